The molecule has 7 nitrogen and oxygen atoms in total. The predicted octanol–water partition coefficient (Wildman–Crippen LogP) is 0.979. The van der Waals surface area contributed by atoms with Gasteiger partial charge in [-0.05, 0) is 12.8 Å². The minimum Gasteiger partial charge on any atom is -0.480 e. The number of carboxylic acids is 1. The van der Waals surface area contributed by atoms with Crippen LogP contribution in [0.5, 0.6) is 0 Å². The molecule has 0 bridgehead atoms. The highest BCUT2D eigenvalue weighted by atomic mass is 32.2. The van der Waals surface area contributed by atoms with E-state index in [2.05, 4.69) is 9.82 Å². The molecular formula is C10H14F3N3O4S. The van der Waals surface area contributed by atoms with Crippen molar-refractivity contribution in [1.29, 1.82) is 0 Å². The SMILES string of the molecule is O=C(O)Cn1cc(S(=O)(=O)NCCCCC(F)(F)F)cn1. The number of carbonyl (C=O) groups is 1. The quantitative estimate of drug-likeness (QED) is 0.692. The second kappa shape index (κ2) is 6.89. The lowest BCUT2D eigenvalue weighted by Gasteiger charge is -2.06. The number of halogens is 3. The van der Waals surface area contributed by atoms with E-state index in [-0.39, 0.29) is 24.3 Å². The second-order valence-corrected chi connectivity index (χ2v) is 6.00. The van der Waals surface area contributed by atoms with E-state index in [0.29, 0.717) is 0 Å². The largest absolute Gasteiger partial charge is 0.480 e. The summed E-state index contributed by atoms with van der Waals surface area (Å²) < 4.78 is 62.3. The van der Waals surface area contributed by atoms with Crippen LogP contribution in [-0.2, 0) is 21.4 Å². The number of unbranched alkanes of at least 4 members (excludes halogenated alkanes) is 1. The number of hydrogen-bond acceptors (Lipinski definition) is 4. The number of carboxylic acid groups (broad SMARTS) is 1. The van der Waals surface area contributed by atoms with Crippen LogP contribution in [0.25, 0.3) is 0 Å². The summed E-state index contributed by atoms with van der Waals surface area (Å²) >= 11 is 0. The van der Waals surface area contributed by atoms with Gasteiger partial charge in [-0.15, -0.1) is 0 Å². The lowest BCUT2D eigenvalue weighted by atomic mass is 10.2. The zero-order valence-corrected chi connectivity index (χ0v) is 11.6. The lowest BCUT2D eigenvalue weighted by Crippen LogP contribution is -2.24. The molecule has 0 aliphatic heterocycles. The highest BCUT2D eigenvalue weighted by Crippen LogP contribution is 2.21. The monoisotopic (exact) mass is 329 g/mol. The van der Waals surface area contributed by atoms with Gasteiger partial charge in [0.15, 0.2) is 0 Å². The first-order valence-electron chi connectivity index (χ1n) is 5.91. The first-order chi connectivity index (χ1) is 9.60. The molecule has 120 valence electrons. The number of nitrogens with one attached hydrogen (secondary N) is 1. The Morgan fingerprint density at radius 1 is 1.38 bits per heavy atom. The molecule has 0 aliphatic rings. The molecule has 1 aromatic rings. The first-order valence-corrected chi connectivity index (χ1v) is 7.39. The summed E-state index contributed by atoms with van der Waals surface area (Å²) in [5.41, 5.74) is 0. The van der Waals surface area contributed by atoms with E-state index < -0.39 is 35.1 Å². The summed E-state index contributed by atoms with van der Waals surface area (Å²) in [6.45, 7) is -0.621. The number of hydrogen-bond donors (Lipinski definition) is 2. The third-order valence-electron chi connectivity index (χ3n) is 2.40. The van der Waals surface area contributed by atoms with Crippen molar-refractivity contribution in [2.45, 2.75) is 36.9 Å². The van der Waals surface area contributed by atoms with Crippen LogP contribution in [0.4, 0.5) is 13.2 Å². The van der Waals surface area contributed by atoms with Crippen molar-refractivity contribution >= 4 is 16.0 Å². The third-order valence-corrected chi connectivity index (χ3v) is 3.81. The zero-order valence-electron chi connectivity index (χ0n) is 10.8. The number of aliphatic carboxylic acids is 1. The summed E-state index contributed by atoms with van der Waals surface area (Å²) in [7, 11) is -3.90. The van der Waals surface area contributed by atoms with E-state index in [1.165, 1.54) is 0 Å². The van der Waals surface area contributed by atoms with Gasteiger partial charge in [0.1, 0.15) is 11.4 Å². The van der Waals surface area contributed by atoms with Crippen LogP contribution in [0.1, 0.15) is 19.3 Å². The Balaban J connectivity index is 2.46. The molecule has 0 saturated heterocycles. The number of alkyl halides is 3. The summed E-state index contributed by atoms with van der Waals surface area (Å²) in [5.74, 6) is -1.18. The van der Waals surface area contributed by atoms with Crippen LogP contribution in [0.15, 0.2) is 17.3 Å². The van der Waals surface area contributed by atoms with Gasteiger partial charge in [-0.3, -0.25) is 9.48 Å². The number of nitrogens with zero attached hydrogens (tertiary/aromatic N) is 2. The fourth-order valence-electron chi connectivity index (χ4n) is 1.45. The third kappa shape index (κ3) is 6.58. The molecule has 0 atom stereocenters. The minimum atomic E-state index is -4.25. The van der Waals surface area contributed by atoms with Crippen molar-refractivity contribution < 1.29 is 31.5 Å². The Hall–Kier alpha value is -1.62. The van der Waals surface area contributed by atoms with E-state index in [0.717, 1.165) is 17.1 Å². The fourth-order valence-corrected chi connectivity index (χ4v) is 2.47. The van der Waals surface area contributed by atoms with E-state index in [1.807, 2.05) is 0 Å². The minimum absolute atomic E-state index is 0.0437. The van der Waals surface area contributed by atoms with Crippen molar-refractivity contribution in [3.63, 3.8) is 0 Å². The number of aromatic nitrogens is 2. The van der Waals surface area contributed by atoms with Gasteiger partial charge in [0.05, 0.1) is 6.20 Å². The fraction of sp³-hybridized carbons (Fsp3) is 0.600. The van der Waals surface area contributed by atoms with Crippen molar-refractivity contribution in [1.82, 2.24) is 14.5 Å². The van der Waals surface area contributed by atoms with Gasteiger partial charge in [-0.2, -0.15) is 18.3 Å². The molecule has 0 fully saturated rings. The van der Waals surface area contributed by atoms with Crippen molar-refractivity contribution in [2.75, 3.05) is 6.54 Å². The maximum absolute atomic E-state index is 11.9. The molecule has 0 saturated carbocycles. The molecule has 1 aromatic heterocycles. The first kappa shape index (κ1) is 17.4. The number of sulfonamides is 1. The maximum Gasteiger partial charge on any atom is 0.389 e. The van der Waals surface area contributed by atoms with Crippen LogP contribution in [0.3, 0.4) is 0 Å². The highest BCUT2D eigenvalue weighted by Gasteiger charge is 2.26. The van der Waals surface area contributed by atoms with E-state index in [1.54, 1.807) is 0 Å². The maximum atomic E-state index is 11.9. The zero-order chi connectivity index (χ0) is 16.1. The molecule has 2 N–H and O–H groups in total. The molecule has 0 spiro atoms. The van der Waals surface area contributed by atoms with Gasteiger partial charge in [0, 0.05) is 19.2 Å². The lowest BCUT2D eigenvalue weighted by molar-refractivity contribution is -0.138. The summed E-state index contributed by atoms with van der Waals surface area (Å²) in [5, 5.41) is 12.1. The number of rotatable bonds is 8. The Labute approximate surface area is 118 Å². The van der Waals surface area contributed by atoms with Crippen molar-refractivity contribution in [3.05, 3.63) is 12.4 Å². The van der Waals surface area contributed by atoms with Crippen LogP contribution in [0, 0.1) is 0 Å². The van der Waals surface area contributed by atoms with Gasteiger partial charge >= 0.3 is 12.1 Å². The van der Waals surface area contributed by atoms with Crippen LogP contribution < -0.4 is 4.72 Å². The molecule has 11 heteroatoms. The van der Waals surface area contributed by atoms with Gasteiger partial charge in [0.25, 0.3) is 0 Å². The topological polar surface area (TPSA) is 101 Å². The van der Waals surface area contributed by atoms with Gasteiger partial charge < -0.3 is 5.11 Å². The van der Waals surface area contributed by atoms with E-state index >= 15 is 0 Å². The van der Waals surface area contributed by atoms with Crippen LogP contribution in [0.2, 0.25) is 0 Å². The molecule has 0 aliphatic carbocycles. The molecule has 0 unspecified atom stereocenters. The smallest absolute Gasteiger partial charge is 0.389 e. The van der Waals surface area contributed by atoms with Gasteiger partial charge in [-0.25, -0.2) is 13.1 Å². The summed E-state index contributed by atoms with van der Waals surface area (Å²) in [4.78, 5) is 10.2. The normalized spacial score (nSPS) is 12.5. The Bertz CT molecular complexity index is 583. The average Bonchev–Trinajstić information content (AvgIpc) is 2.75. The molecule has 1 heterocycles. The Morgan fingerprint density at radius 3 is 2.62 bits per heavy atom. The van der Waals surface area contributed by atoms with Crippen LogP contribution in [-0.4, -0.2) is 42.0 Å². The van der Waals surface area contributed by atoms with Crippen molar-refractivity contribution in [2.24, 2.45) is 0 Å². The molecule has 21 heavy (non-hydrogen) atoms. The molecule has 0 aromatic carbocycles. The Morgan fingerprint density at radius 2 is 2.05 bits per heavy atom. The predicted molar refractivity (Wildman–Crippen MR) is 65.0 cm³/mol. The molecule has 1 rings (SSSR count). The highest BCUT2D eigenvalue weighted by molar-refractivity contribution is 7.89. The molecular weight excluding hydrogens is 315 g/mol. The van der Waals surface area contributed by atoms with Crippen molar-refractivity contribution in [3.8, 4) is 0 Å². The van der Waals surface area contributed by atoms with Gasteiger partial charge in [0.2, 0.25) is 10.0 Å². The second-order valence-electron chi connectivity index (χ2n) is 4.24. The van der Waals surface area contributed by atoms with Gasteiger partial charge in [-0.1, -0.05) is 0 Å². The molecule has 0 amide bonds. The standard InChI is InChI=1S/C10H14F3N3O4S/c11-10(12,13)3-1-2-4-15-21(19,20)8-5-14-16(6-8)7-9(17)18/h5-6,15H,1-4,7H2,(H,17,18). The summed E-state index contributed by atoms with van der Waals surface area (Å²) in [6.07, 6.45) is -3.35. The summed E-state index contributed by atoms with van der Waals surface area (Å²) in [6, 6.07) is 0. The van der Waals surface area contributed by atoms with Crippen LogP contribution >= 0.6 is 0 Å². The molecule has 0 radical (unpaired) electrons. The van der Waals surface area contributed by atoms with E-state index in [9.17, 15) is 26.4 Å². The van der Waals surface area contributed by atoms with E-state index in [4.69, 9.17) is 5.11 Å². The Kier molecular flexibility index (Phi) is 5.72. The average molecular weight is 329 g/mol.